The lowest BCUT2D eigenvalue weighted by atomic mass is 10.0. The van der Waals surface area contributed by atoms with Crippen LogP contribution in [0.3, 0.4) is 0 Å². The highest BCUT2D eigenvalue weighted by Crippen LogP contribution is 2.19. The van der Waals surface area contributed by atoms with Gasteiger partial charge >= 0.3 is 0 Å². The minimum Gasteiger partial charge on any atom is -0.390 e. The Morgan fingerprint density at radius 3 is 2.67 bits per heavy atom. The summed E-state index contributed by atoms with van der Waals surface area (Å²) in [6.45, 7) is 4.53. The largest absolute Gasteiger partial charge is 0.390 e. The minimum absolute atomic E-state index is 0.0863. The van der Waals surface area contributed by atoms with Crippen LogP contribution in [-0.2, 0) is 11.2 Å². The van der Waals surface area contributed by atoms with Gasteiger partial charge in [0.05, 0.1) is 17.2 Å². The molecule has 2 atom stereocenters. The maximum absolute atomic E-state index is 13.0. The molecule has 0 aliphatic carbocycles. The van der Waals surface area contributed by atoms with Gasteiger partial charge in [-0.1, -0.05) is 31.0 Å². The molecule has 18 heavy (non-hydrogen) atoms. The first-order chi connectivity index (χ1) is 8.58. The molecule has 0 fully saturated rings. The lowest BCUT2D eigenvalue weighted by Gasteiger charge is -2.22. The fourth-order valence-electron chi connectivity index (χ4n) is 1.92. The zero-order chi connectivity index (χ0) is 13.5. The zero-order valence-electron chi connectivity index (χ0n) is 10.8. The summed E-state index contributed by atoms with van der Waals surface area (Å²) in [6, 6.07) is 4.51. The Morgan fingerprint density at radius 2 is 2.11 bits per heavy atom. The van der Waals surface area contributed by atoms with Crippen LogP contribution in [-0.4, -0.2) is 23.9 Å². The van der Waals surface area contributed by atoms with E-state index >= 15 is 0 Å². The Morgan fingerprint density at radius 1 is 1.39 bits per heavy atom. The number of hydrogen-bond donors (Lipinski definition) is 1. The summed E-state index contributed by atoms with van der Waals surface area (Å²) in [7, 11) is 0. The van der Waals surface area contributed by atoms with E-state index in [-0.39, 0.29) is 11.1 Å². The fourth-order valence-corrected chi connectivity index (χ4v) is 2.13. The summed E-state index contributed by atoms with van der Waals surface area (Å²) >= 11 is 5.71. The van der Waals surface area contributed by atoms with Crippen molar-refractivity contribution in [2.75, 3.05) is 6.61 Å². The van der Waals surface area contributed by atoms with E-state index in [1.807, 2.05) is 13.8 Å². The fraction of sp³-hybridized carbons (Fsp3) is 0.571. The molecule has 0 amide bonds. The van der Waals surface area contributed by atoms with Gasteiger partial charge in [0.2, 0.25) is 0 Å². The summed E-state index contributed by atoms with van der Waals surface area (Å²) in [4.78, 5) is 0. The van der Waals surface area contributed by atoms with E-state index in [9.17, 15) is 9.50 Å². The monoisotopic (exact) mass is 274 g/mol. The second-order valence-electron chi connectivity index (χ2n) is 4.30. The van der Waals surface area contributed by atoms with Crippen molar-refractivity contribution < 1.29 is 14.2 Å². The molecule has 0 heterocycles. The first-order valence-corrected chi connectivity index (χ1v) is 6.69. The third kappa shape index (κ3) is 4.56. The van der Waals surface area contributed by atoms with Crippen molar-refractivity contribution in [3.8, 4) is 0 Å². The predicted octanol–water partition coefficient (Wildman–Crippen LogP) is 3.59. The Hall–Kier alpha value is -0.640. The SMILES string of the molecule is CCCC(OCC)C(O)Cc1ccc(F)c(Cl)c1. The average molecular weight is 275 g/mol. The molecule has 4 heteroatoms. The summed E-state index contributed by atoms with van der Waals surface area (Å²) in [5.41, 5.74) is 0.815. The molecule has 0 aromatic heterocycles. The molecule has 0 aliphatic heterocycles. The Labute approximate surface area is 113 Å². The van der Waals surface area contributed by atoms with Crippen LogP contribution in [0.25, 0.3) is 0 Å². The summed E-state index contributed by atoms with van der Waals surface area (Å²) in [5.74, 6) is -0.440. The number of rotatable bonds is 7. The molecule has 0 radical (unpaired) electrons. The van der Waals surface area contributed by atoms with Gasteiger partial charge in [-0.2, -0.15) is 0 Å². The van der Waals surface area contributed by atoms with E-state index in [0.29, 0.717) is 13.0 Å². The molecular formula is C14H20ClFO2. The van der Waals surface area contributed by atoms with Crippen molar-refractivity contribution >= 4 is 11.6 Å². The van der Waals surface area contributed by atoms with Crippen molar-refractivity contribution in [1.29, 1.82) is 0 Å². The van der Waals surface area contributed by atoms with Crippen LogP contribution in [0.4, 0.5) is 4.39 Å². The third-order valence-electron chi connectivity index (χ3n) is 2.81. The number of aliphatic hydroxyl groups excluding tert-OH is 1. The van der Waals surface area contributed by atoms with Gasteiger partial charge in [0.15, 0.2) is 0 Å². The van der Waals surface area contributed by atoms with Crippen LogP contribution in [0.5, 0.6) is 0 Å². The molecule has 0 saturated heterocycles. The number of aliphatic hydroxyl groups is 1. The number of benzene rings is 1. The van der Waals surface area contributed by atoms with Crippen LogP contribution in [0, 0.1) is 5.82 Å². The van der Waals surface area contributed by atoms with Crippen LogP contribution >= 0.6 is 11.6 Å². The first-order valence-electron chi connectivity index (χ1n) is 6.32. The van der Waals surface area contributed by atoms with Gasteiger partial charge in [-0.25, -0.2) is 4.39 Å². The lowest BCUT2D eigenvalue weighted by Crippen LogP contribution is -2.30. The normalized spacial score (nSPS) is 14.5. The molecule has 1 aromatic rings. The minimum atomic E-state index is -0.591. The average Bonchev–Trinajstić information content (AvgIpc) is 2.33. The van der Waals surface area contributed by atoms with Crippen LogP contribution in [0.1, 0.15) is 32.3 Å². The Kier molecular flexibility index (Phi) is 6.61. The van der Waals surface area contributed by atoms with Gasteiger partial charge in [0.25, 0.3) is 0 Å². The topological polar surface area (TPSA) is 29.5 Å². The van der Waals surface area contributed by atoms with Gasteiger partial charge < -0.3 is 9.84 Å². The van der Waals surface area contributed by atoms with Gasteiger partial charge in [-0.3, -0.25) is 0 Å². The maximum atomic E-state index is 13.0. The molecule has 0 spiro atoms. The van der Waals surface area contributed by atoms with E-state index in [0.717, 1.165) is 18.4 Å². The second-order valence-corrected chi connectivity index (χ2v) is 4.71. The molecule has 1 rings (SSSR count). The van der Waals surface area contributed by atoms with Gasteiger partial charge in [0.1, 0.15) is 5.82 Å². The molecule has 2 unspecified atom stereocenters. The van der Waals surface area contributed by atoms with Crippen molar-refractivity contribution in [2.24, 2.45) is 0 Å². The Bertz CT molecular complexity index is 365. The summed E-state index contributed by atoms with van der Waals surface area (Å²) < 4.78 is 18.5. The Balaban J connectivity index is 2.66. The highest BCUT2D eigenvalue weighted by atomic mass is 35.5. The molecule has 2 nitrogen and oxygen atoms in total. The molecule has 0 aliphatic rings. The van der Waals surface area contributed by atoms with E-state index in [2.05, 4.69) is 0 Å². The molecule has 0 saturated carbocycles. The van der Waals surface area contributed by atoms with Crippen LogP contribution < -0.4 is 0 Å². The van der Waals surface area contributed by atoms with E-state index in [1.54, 1.807) is 12.1 Å². The van der Waals surface area contributed by atoms with E-state index < -0.39 is 11.9 Å². The molecular weight excluding hydrogens is 255 g/mol. The van der Waals surface area contributed by atoms with Crippen LogP contribution in [0.2, 0.25) is 5.02 Å². The smallest absolute Gasteiger partial charge is 0.141 e. The lowest BCUT2D eigenvalue weighted by molar-refractivity contribution is -0.0363. The van der Waals surface area contributed by atoms with Gasteiger partial charge in [-0.15, -0.1) is 0 Å². The van der Waals surface area contributed by atoms with Gasteiger partial charge in [-0.05, 0) is 31.0 Å². The maximum Gasteiger partial charge on any atom is 0.141 e. The zero-order valence-corrected chi connectivity index (χ0v) is 11.6. The third-order valence-corrected chi connectivity index (χ3v) is 3.10. The van der Waals surface area contributed by atoms with E-state index in [1.165, 1.54) is 6.07 Å². The van der Waals surface area contributed by atoms with Crippen molar-refractivity contribution in [2.45, 2.75) is 45.3 Å². The number of halogens is 2. The van der Waals surface area contributed by atoms with Crippen molar-refractivity contribution in [3.63, 3.8) is 0 Å². The van der Waals surface area contributed by atoms with Gasteiger partial charge in [0, 0.05) is 13.0 Å². The molecule has 1 aromatic carbocycles. The number of hydrogen-bond acceptors (Lipinski definition) is 2. The quantitative estimate of drug-likeness (QED) is 0.823. The van der Waals surface area contributed by atoms with Crippen LogP contribution in [0.15, 0.2) is 18.2 Å². The summed E-state index contributed by atoms with van der Waals surface area (Å²) in [6.07, 6.45) is 1.41. The first kappa shape index (κ1) is 15.4. The molecule has 102 valence electrons. The predicted molar refractivity (Wildman–Crippen MR) is 71.4 cm³/mol. The van der Waals surface area contributed by atoms with Crippen molar-refractivity contribution in [3.05, 3.63) is 34.6 Å². The highest BCUT2D eigenvalue weighted by molar-refractivity contribution is 6.30. The second kappa shape index (κ2) is 7.72. The highest BCUT2D eigenvalue weighted by Gasteiger charge is 2.19. The summed E-state index contributed by atoms with van der Waals surface area (Å²) in [5, 5.41) is 10.2. The molecule has 0 bridgehead atoms. The van der Waals surface area contributed by atoms with Crippen molar-refractivity contribution in [1.82, 2.24) is 0 Å². The standard InChI is InChI=1S/C14H20ClFO2/c1-3-5-14(18-4-2)13(17)9-10-6-7-12(16)11(15)8-10/h6-8,13-14,17H,3-5,9H2,1-2H3. The molecule has 1 N–H and O–H groups in total. The number of ether oxygens (including phenoxy) is 1. The van der Waals surface area contributed by atoms with E-state index in [4.69, 9.17) is 16.3 Å².